The van der Waals surface area contributed by atoms with Crippen molar-refractivity contribution in [3.05, 3.63) is 28.0 Å². The molecule has 0 bridgehead atoms. The van der Waals surface area contributed by atoms with Gasteiger partial charge in [0.25, 0.3) is 0 Å². The standard InChI is InChI=1S/C11H14Cl2FNO2S/c1-2-18(16,17)5-3-4-15-11-9(12)6-8(14)7-10(11)13/h6-7,15H,2-5H2,1H3. The van der Waals surface area contributed by atoms with E-state index in [0.29, 0.717) is 18.7 Å². The summed E-state index contributed by atoms with van der Waals surface area (Å²) >= 11 is 11.7. The zero-order chi connectivity index (χ0) is 13.8. The molecule has 0 spiro atoms. The molecule has 0 unspecified atom stereocenters. The van der Waals surface area contributed by atoms with Crippen molar-refractivity contribution >= 4 is 38.7 Å². The van der Waals surface area contributed by atoms with Gasteiger partial charge in [0.2, 0.25) is 0 Å². The number of benzene rings is 1. The Balaban J connectivity index is 2.55. The van der Waals surface area contributed by atoms with Crippen molar-refractivity contribution in [3.63, 3.8) is 0 Å². The van der Waals surface area contributed by atoms with Crippen molar-refractivity contribution in [2.24, 2.45) is 0 Å². The number of nitrogens with one attached hydrogen (secondary N) is 1. The highest BCUT2D eigenvalue weighted by atomic mass is 35.5. The molecule has 1 rings (SSSR count). The summed E-state index contributed by atoms with van der Waals surface area (Å²) < 4.78 is 35.4. The fourth-order valence-electron chi connectivity index (χ4n) is 1.36. The minimum Gasteiger partial charge on any atom is -0.383 e. The average Bonchev–Trinajstić information content (AvgIpc) is 2.26. The van der Waals surface area contributed by atoms with Crippen LogP contribution in [-0.2, 0) is 9.84 Å². The van der Waals surface area contributed by atoms with Gasteiger partial charge in [0.1, 0.15) is 15.7 Å². The van der Waals surface area contributed by atoms with E-state index in [1.54, 1.807) is 6.92 Å². The monoisotopic (exact) mass is 313 g/mol. The third-order valence-electron chi connectivity index (χ3n) is 2.38. The van der Waals surface area contributed by atoms with Gasteiger partial charge in [-0.1, -0.05) is 30.1 Å². The maximum Gasteiger partial charge on any atom is 0.150 e. The summed E-state index contributed by atoms with van der Waals surface area (Å²) in [7, 11) is -2.97. The predicted octanol–water partition coefficient (Wildman–Crippen LogP) is 3.37. The van der Waals surface area contributed by atoms with Gasteiger partial charge in [-0.05, 0) is 18.6 Å². The molecule has 1 aromatic carbocycles. The summed E-state index contributed by atoms with van der Waals surface area (Å²) in [6.07, 6.45) is 0.445. The SMILES string of the molecule is CCS(=O)(=O)CCCNc1c(Cl)cc(F)cc1Cl. The molecule has 7 heteroatoms. The quantitative estimate of drug-likeness (QED) is 0.819. The molecule has 0 saturated carbocycles. The van der Waals surface area contributed by atoms with Crippen molar-refractivity contribution in [2.75, 3.05) is 23.4 Å². The molecule has 0 saturated heterocycles. The van der Waals surface area contributed by atoms with E-state index in [9.17, 15) is 12.8 Å². The molecule has 3 nitrogen and oxygen atoms in total. The molecule has 0 aromatic heterocycles. The second kappa shape index (κ2) is 6.59. The van der Waals surface area contributed by atoms with Gasteiger partial charge >= 0.3 is 0 Å². The minimum absolute atomic E-state index is 0.104. The van der Waals surface area contributed by atoms with E-state index in [1.165, 1.54) is 0 Å². The predicted molar refractivity (Wildman–Crippen MR) is 73.9 cm³/mol. The lowest BCUT2D eigenvalue weighted by molar-refractivity contribution is 0.595. The Bertz CT molecular complexity index is 497. The topological polar surface area (TPSA) is 46.2 Å². The molecule has 0 aliphatic rings. The number of sulfone groups is 1. The molecule has 0 fully saturated rings. The van der Waals surface area contributed by atoms with Crippen LogP contribution in [-0.4, -0.2) is 26.5 Å². The van der Waals surface area contributed by atoms with Gasteiger partial charge in [-0.2, -0.15) is 0 Å². The smallest absolute Gasteiger partial charge is 0.150 e. The number of halogens is 3. The van der Waals surface area contributed by atoms with E-state index in [-0.39, 0.29) is 21.6 Å². The maximum atomic E-state index is 12.9. The van der Waals surface area contributed by atoms with Crippen molar-refractivity contribution in [2.45, 2.75) is 13.3 Å². The minimum atomic E-state index is -2.97. The van der Waals surface area contributed by atoms with Crippen LogP contribution in [0.3, 0.4) is 0 Å². The maximum absolute atomic E-state index is 12.9. The second-order valence-corrected chi connectivity index (χ2v) is 7.05. The first-order valence-electron chi connectivity index (χ1n) is 5.44. The summed E-state index contributed by atoms with van der Waals surface area (Å²) in [5.74, 6) is -0.276. The summed E-state index contributed by atoms with van der Waals surface area (Å²) in [6, 6.07) is 2.30. The summed E-state index contributed by atoms with van der Waals surface area (Å²) in [5.41, 5.74) is 0.425. The van der Waals surface area contributed by atoms with Gasteiger partial charge < -0.3 is 5.32 Å². The first-order valence-corrected chi connectivity index (χ1v) is 8.02. The summed E-state index contributed by atoms with van der Waals surface area (Å²) in [6.45, 7) is 2.01. The van der Waals surface area contributed by atoms with Crippen LogP contribution in [0.15, 0.2) is 12.1 Å². The Morgan fingerprint density at radius 2 is 1.83 bits per heavy atom. The number of hydrogen-bond donors (Lipinski definition) is 1. The van der Waals surface area contributed by atoms with Crippen molar-refractivity contribution in [1.29, 1.82) is 0 Å². The molecule has 0 radical (unpaired) electrons. The molecule has 0 aliphatic carbocycles. The van der Waals surface area contributed by atoms with Gasteiger partial charge in [-0.3, -0.25) is 0 Å². The van der Waals surface area contributed by atoms with Crippen LogP contribution in [0.1, 0.15) is 13.3 Å². The molecule has 0 heterocycles. The lowest BCUT2D eigenvalue weighted by Gasteiger charge is -2.10. The normalized spacial score (nSPS) is 11.6. The van der Waals surface area contributed by atoms with Crippen LogP contribution in [0, 0.1) is 5.82 Å². The Kier molecular flexibility index (Phi) is 5.69. The third kappa shape index (κ3) is 4.63. The van der Waals surface area contributed by atoms with Crippen LogP contribution < -0.4 is 5.32 Å². The zero-order valence-corrected chi connectivity index (χ0v) is 12.2. The van der Waals surface area contributed by atoms with E-state index in [0.717, 1.165) is 12.1 Å². The van der Waals surface area contributed by atoms with Crippen LogP contribution in [0.25, 0.3) is 0 Å². The first-order chi connectivity index (χ1) is 8.35. The number of hydrogen-bond acceptors (Lipinski definition) is 3. The van der Waals surface area contributed by atoms with Gasteiger partial charge in [0.05, 0.1) is 21.5 Å². The van der Waals surface area contributed by atoms with Crippen LogP contribution in [0.4, 0.5) is 10.1 Å². The van der Waals surface area contributed by atoms with E-state index in [2.05, 4.69) is 5.32 Å². The Morgan fingerprint density at radius 3 is 2.33 bits per heavy atom. The molecular weight excluding hydrogens is 300 g/mol. The summed E-state index contributed by atoms with van der Waals surface area (Å²) in [5, 5.41) is 3.27. The average molecular weight is 314 g/mol. The third-order valence-corrected chi connectivity index (χ3v) is 4.77. The molecule has 1 aromatic rings. The van der Waals surface area contributed by atoms with Crippen molar-refractivity contribution in [3.8, 4) is 0 Å². The number of anilines is 1. The van der Waals surface area contributed by atoms with Gasteiger partial charge in [0.15, 0.2) is 0 Å². The molecule has 102 valence electrons. The molecular formula is C11H14Cl2FNO2S. The fourth-order valence-corrected chi connectivity index (χ4v) is 2.83. The lowest BCUT2D eigenvalue weighted by Crippen LogP contribution is -2.13. The largest absolute Gasteiger partial charge is 0.383 e. The van der Waals surface area contributed by atoms with Crippen molar-refractivity contribution < 1.29 is 12.8 Å². The Hall–Kier alpha value is -0.520. The molecule has 0 amide bonds. The van der Waals surface area contributed by atoms with Gasteiger partial charge in [0, 0.05) is 12.3 Å². The van der Waals surface area contributed by atoms with Gasteiger partial charge in [-0.15, -0.1) is 0 Å². The summed E-state index contributed by atoms with van der Waals surface area (Å²) in [4.78, 5) is 0. The highest BCUT2D eigenvalue weighted by Gasteiger charge is 2.09. The first kappa shape index (κ1) is 15.5. The Morgan fingerprint density at radius 1 is 1.28 bits per heavy atom. The molecule has 1 N–H and O–H groups in total. The number of rotatable bonds is 6. The molecule has 18 heavy (non-hydrogen) atoms. The van der Waals surface area contributed by atoms with E-state index in [4.69, 9.17) is 23.2 Å². The molecule has 0 aliphatic heterocycles. The van der Waals surface area contributed by atoms with E-state index < -0.39 is 15.7 Å². The Labute approximate surface area is 116 Å². The van der Waals surface area contributed by atoms with Crippen LogP contribution in [0.5, 0.6) is 0 Å². The fraction of sp³-hybridized carbons (Fsp3) is 0.455. The zero-order valence-electron chi connectivity index (χ0n) is 9.84. The highest BCUT2D eigenvalue weighted by Crippen LogP contribution is 2.31. The van der Waals surface area contributed by atoms with Crippen LogP contribution in [0.2, 0.25) is 10.0 Å². The lowest BCUT2D eigenvalue weighted by atomic mass is 10.3. The van der Waals surface area contributed by atoms with Crippen LogP contribution >= 0.6 is 23.2 Å². The second-order valence-electron chi connectivity index (χ2n) is 3.76. The van der Waals surface area contributed by atoms with Gasteiger partial charge in [-0.25, -0.2) is 12.8 Å². The van der Waals surface area contributed by atoms with E-state index >= 15 is 0 Å². The van der Waals surface area contributed by atoms with Crippen molar-refractivity contribution in [1.82, 2.24) is 0 Å². The van der Waals surface area contributed by atoms with E-state index in [1.807, 2.05) is 0 Å². The highest BCUT2D eigenvalue weighted by molar-refractivity contribution is 7.91. The molecule has 0 atom stereocenters.